The predicted molar refractivity (Wildman–Crippen MR) is 124 cm³/mol. The third-order valence-corrected chi connectivity index (χ3v) is 5.17. The number of esters is 1. The maximum atomic E-state index is 13.1. The van der Waals surface area contributed by atoms with E-state index in [1.54, 1.807) is 61.5 Å². The Kier molecular flexibility index (Phi) is 6.28. The normalized spacial score (nSPS) is 10.7. The van der Waals surface area contributed by atoms with Crippen molar-refractivity contribution in [2.75, 3.05) is 6.61 Å². The molecule has 1 heterocycles. The Labute approximate surface area is 192 Å². The lowest BCUT2D eigenvalue weighted by atomic mass is 10.2. The van der Waals surface area contributed by atoms with Crippen LogP contribution in [0.5, 0.6) is 23.0 Å². The van der Waals surface area contributed by atoms with Gasteiger partial charge in [-0.2, -0.15) is 0 Å². The highest BCUT2D eigenvalue weighted by molar-refractivity contribution is 9.10. The summed E-state index contributed by atoms with van der Waals surface area (Å²) >= 11 is 3.33. The second-order valence-corrected chi connectivity index (χ2v) is 7.77. The Bertz CT molecular complexity index is 1340. The first-order chi connectivity index (χ1) is 15.5. The molecule has 0 saturated carbocycles. The fourth-order valence-corrected chi connectivity index (χ4v) is 3.39. The molecule has 0 spiro atoms. The van der Waals surface area contributed by atoms with Crippen LogP contribution in [0.15, 0.2) is 80.4 Å². The maximum absolute atomic E-state index is 13.1. The number of benzene rings is 3. The van der Waals surface area contributed by atoms with Crippen molar-refractivity contribution in [3.05, 3.63) is 92.7 Å². The molecule has 0 aliphatic rings. The molecule has 3 aromatic carbocycles. The zero-order valence-electron chi connectivity index (χ0n) is 17.4. The van der Waals surface area contributed by atoms with Gasteiger partial charge in [0.1, 0.15) is 17.1 Å². The lowest BCUT2D eigenvalue weighted by Gasteiger charge is -2.13. The fourth-order valence-electron chi connectivity index (χ4n) is 3.12. The molecular formula is C25H19BrO6. The number of aryl methyl sites for hydroxylation is 1. The van der Waals surface area contributed by atoms with E-state index in [0.717, 1.165) is 4.47 Å². The maximum Gasteiger partial charge on any atom is 0.343 e. The molecule has 0 amide bonds. The van der Waals surface area contributed by atoms with Crippen LogP contribution in [-0.2, 0) is 0 Å². The number of carbonyl (C=O) groups is 1. The average molecular weight is 495 g/mol. The molecule has 4 aromatic rings. The number of halogens is 1. The minimum atomic E-state index is -0.511. The number of hydrogen-bond acceptors (Lipinski definition) is 6. The van der Waals surface area contributed by atoms with Gasteiger partial charge in [-0.25, -0.2) is 4.79 Å². The van der Waals surface area contributed by atoms with E-state index in [1.165, 1.54) is 6.07 Å². The number of para-hydroxylation sites is 2. The van der Waals surface area contributed by atoms with Gasteiger partial charge < -0.3 is 18.6 Å². The third-order valence-electron chi connectivity index (χ3n) is 4.64. The van der Waals surface area contributed by atoms with Gasteiger partial charge in [0.2, 0.25) is 11.2 Å². The van der Waals surface area contributed by atoms with Gasteiger partial charge >= 0.3 is 5.97 Å². The Balaban J connectivity index is 1.64. The quantitative estimate of drug-likeness (QED) is 0.232. The summed E-state index contributed by atoms with van der Waals surface area (Å²) in [6.07, 6.45) is 0. The van der Waals surface area contributed by atoms with E-state index >= 15 is 0 Å². The summed E-state index contributed by atoms with van der Waals surface area (Å²) in [5.41, 5.74) is 0.363. The van der Waals surface area contributed by atoms with Crippen LogP contribution in [0.3, 0.4) is 0 Å². The van der Waals surface area contributed by atoms with Crippen LogP contribution in [0, 0.1) is 6.92 Å². The van der Waals surface area contributed by atoms with E-state index in [4.69, 9.17) is 18.6 Å². The molecule has 0 saturated heterocycles. The number of ether oxygens (including phenoxy) is 3. The van der Waals surface area contributed by atoms with Crippen LogP contribution in [-0.4, -0.2) is 12.6 Å². The molecule has 0 aliphatic carbocycles. The molecule has 0 unspecified atom stereocenters. The van der Waals surface area contributed by atoms with Crippen LogP contribution in [0.2, 0.25) is 0 Å². The molecule has 162 valence electrons. The van der Waals surface area contributed by atoms with E-state index in [2.05, 4.69) is 15.9 Å². The second-order valence-electron chi connectivity index (χ2n) is 6.85. The largest absolute Gasteiger partial charge is 0.490 e. The van der Waals surface area contributed by atoms with Crippen molar-refractivity contribution in [1.82, 2.24) is 0 Å². The summed E-state index contributed by atoms with van der Waals surface area (Å²) in [6.45, 7) is 3.97. The predicted octanol–water partition coefficient (Wildman–Crippen LogP) is 6.27. The van der Waals surface area contributed by atoms with Crippen LogP contribution in [0.25, 0.3) is 11.0 Å². The highest BCUT2D eigenvalue weighted by atomic mass is 79.9. The molecule has 4 rings (SSSR count). The minimum Gasteiger partial charge on any atom is -0.490 e. The SMILES string of the molecule is CCOc1ccccc1Oc1c(C)oc2cc(OC(=O)c3ccc(Br)cc3)ccc2c1=O. The molecule has 1 aromatic heterocycles. The van der Waals surface area contributed by atoms with Gasteiger partial charge in [-0.15, -0.1) is 0 Å². The molecule has 0 aliphatic heterocycles. The number of carbonyl (C=O) groups excluding carboxylic acids is 1. The molecule has 7 heteroatoms. The van der Waals surface area contributed by atoms with Crippen LogP contribution < -0.4 is 19.6 Å². The van der Waals surface area contributed by atoms with Gasteiger partial charge in [0.25, 0.3) is 0 Å². The summed E-state index contributed by atoms with van der Waals surface area (Å²) in [4.78, 5) is 25.4. The molecule has 0 atom stereocenters. The molecule has 0 N–H and O–H groups in total. The first kappa shape index (κ1) is 21.6. The van der Waals surface area contributed by atoms with E-state index in [-0.39, 0.29) is 16.9 Å². The monoisotopic (exact) mass is 494 g/mol. The second kappa shape index (κ2) is 9.28. The first-order valence-corrected chi connectivity index (χ1v) is 10.7. The Morgan fingerprint density at radius 2 is 1.72 bits per heavy atom. The zero-order chi connectivity index (χ0) is 22.7. The fraction of sp³-hybridized carbons (Fsp3) is 0.120. The molecule has 6 nitrogen and oxygen atoms in total. The lowest BCUT2D eigenvalue weighted by Crippen LogP contribution is -2.10. The Morgan fingerprint density at radius 1 is 1.00 bits per heavy atom. The van der Waals surface area contributed by atoms with E-state index < -0.39 is 5.97 Å². The summed E-state index contributed by atoms with van der Waals surface area (Å²) in [5, 5.41) is 0.308. The standard InChI is InChI=1S/C25H19BrO6/c1-3-29-20-6-4-5-7-21(20)32-24-15(2)30-22-14-18(12-13-19(22)23(24)27)31-25(28)16-8-10-17(26)11-9-16/h4-14H,3H2,1-2H3. The van der Waals surface area contributed by atoms with Crippen molar-refractivity contribution in [2.45, 2.75) is 13.8 Å². The van der Waals surface area contributed by atoms with Crippen LogP contribution in [0.1, 0.15) is 23.0 Å². The highest BCUT2D eigenvalue weighted by Crippen LogP contribution is 2.33. The highest BCUT2D eigenvalue weighted by Gasteiger charge is 2.17. The van der Waals surface area contributed by atoms with E-state index in [9.17, 15) is 9.59 Å². The van der Waals surface area contributed by atoms with E-state index in [1.807, 2.05) is 13.0 Å². The van der Waals surface area contributed by atoms with Gasteiger partial charge in [0.15, 0.2) is 11.5 Å². The molecular weight excluding hydrogens is 476 g/mol. The Hall–Kier alpha value is -3.58. The molecule has 32 heavy (non-hydrogen) atoms. The number of fused-ring (bicyclic) bond motifs is 1. The van der Waals surface area contributed by atoms with Gasteiger partial charge in [-0.3, -0.25) is 4.79 Å². The van der Waals surface area contributed by atoms with Crippen molar-refractivity contribution < 1.29 is 23.4 Å². The van der Waals surface area contributed by atoms with Crippen molar-refractivity contribution >= 4 is 32.9 Å². The zero-order valence-corrected chi connectivity index (χ0v) is 19.0. The Morgan fingerprint density at radius 3 is 2.44 bits per heavy atom. The molecule has 0 fully saturated rings. The number of hydrogen-bond donors (Lipinski definition) is 0. The average Bonchev–Trinajstić information content (AvgIpc) is 2.78. The van der Waals surface area contributed by atoms with Crippen molar-refractivity contribution in [2.24, 2.45) is 0 Å². The number of rotatable bonds is 6. The van der Waals surface area contributed by atoms with Crippen molar-refractivity contribution in [3.63, 3.8) is 0 Å². The molecule has 0 bridgehead atoms. The van der Waals surface area contributed by atoms with Gasteiger partial charge in [-0.05, 0) is 62.4 Å². The van der Waals surface area contributed by atoms with Crippen molar-refractivity contribution in [3.8, 4) is 23.0 Å². The van der Waals surface area contributed by atoms with Crippen LogP contribution >= 0.6 is 15.9 Å². The summed E-state index contributed by atoms with van der Waals surface area (Å²) in [7, 11) is 0. The summed E-state index contributed by atoms with van der Waals surface area (Å²) < 4.78 is 23.6. The van der Waals surface area contributed by atoms with Gasteiger partial charge in [0, 0.05) is 10.5 Å². The summed E-state index contributed by atoms with van der Waals surface area (Å²) in [6, 6.07) is 18.5. The lowest BCUT2D eigenvalue weighted by molar-refractivity contribution is 0.0735. The minimum absolute atomic E-state index is 0.0734. The first-order valence-electron chi connectivity index (χ1n) is 9.91. The van der Waals surface area contributed by atoms with Gasteiger partial charge in [0.05, 0.1) is 17.6 Å². The van der Waals surface area contributed by atoms with Crippen LogP contribution in [0.4, 0.5) is 0 Å². The third kappa shape index (κ3) is 4.53. The summed E-state index contributed by atoms with van der Waals surface area (Å²) in [5.74, 6) is 1.08. The smallest absolute Gasteiger partial charge is 0.343 e. The van der Waals surface area contributed by atoms with Gasteiger partial charge in [-0.1, -0.05) is 28.1 Å². The van der Waals surface area contributed by atoms with Crippen molar-refractivity contribution in [1.29, 1.82) is 0 Å². The van der Waals surface area contributed by atoms with E-state index in [0.29, 0.717) is 40.4 Å². The molecule has 0 radical (unpaired) electrons. The topological polar surface area (TPSA) is 75.0 Å².